The van der Waals surface area contributed by atoms with Crippen LogP contribution in [0.1, 0.15) is 24.4 Å². The normalized spacial score (nSPS) is 20.3. The Labute approximate surface area is 184 Å². The number of hydrogen-bond acceptors (Lipinski definition) is 5. The number of non-ortho nitro benzene ring substituents is 1. The number of halogens is 4. The van der Waals surface area contributed by atoms with Gasteiger partial charge in [0, 0.05) is 47.5 Å². The van der Waals surface area contributed by atoms with Crippen LogP contribution in [-0.2, 0) is 4.79 Å². The Morgan fingerprint density at radius 3 is 2.65 bits per heavy atom. The van der Waals surface area contributed by atoms with Crippen LogP contribution in [0.4, 0.5) is 35.9 Å². The average Bonchev–Trinajstić information content (AvgIpc) is 2.81. The number of carbonyl (C=O) groups excluding carboxylic acids is 1. The van der Waals surface area contributed by atoms with Gasteiger partial charge in [-0.25, -0.2) is 0 Å². The number of carbonyl (C=O) groups is 1. The fourth-order valence-corrected chi connectivity index (χ4v) is 4.96. The molecule has 2 heterocycles. The summed E-state index contributed by atoms with van der Waals surface area (Å²) in [6.07, 6.45) is -4.36. The number of hydrogen-bond donors (Lipinski definition) is 1. The Morgan fingerprint density at radius 2 is 1.97 bits per heavy atom. The number of rotatable bonds is 2. The maximum absolute atomic E-state index is 12.8. The monoisotopic (exact) mass is 498 g/mol. The number of alkyl halides is 3. The van der Waals surface area contributed by atoms with Crippen molar-refractivity contribution in [2.75, 3.05) is 23.4 Å². The number of amides is 1. The quantitative estimate of drug-likeness (QED) is 0.474. The highest BCUT2D eigenvalue weighted by atomic mass is 79.9. The van der Waals surface area contributed by atoms with Gasteiger partial charge in [0.25, 0.3) is 5.69 Å². The summed E-state index contributed by atoms with van der Waals surface area (Å²) in [5.74, 6) is -1.94. The third-order valence-corrected chi connectivity index (χ3v) is 6.45. The molecule has 31 heavy (non-hydrogen) atoms. The molecular weight excluding hydrogens is 481 g/mol. The summed E-state index contributed by atoms with van der Waals surface area (Å²) < 4.78 is 39.1. The topological polar surface area (TPSA) is 78.7 Å². The summed E-state index contributed by atoms with van der Waals surface area (Å²) in [4.78, 5) is 26.3. The molecule has 2 aromatic carbocycles. The molecule has 0 bridgehead atoms. The van der Waals surface area contributed by atoms with Crippen LogP contribution in [0.15, 0.2) is 40.9 Å². The van der Waals surface area contributed by atoms with Crippen molar-refractivity contribution in [2.45, 2.75) is 31.1 Å². The van der Waals surface area contributed by atoms with Crippen molar-refractivity contribution in [2.24, 2.45) is 0 Å². The van der Waals surface area contributed by atoms with Crippen LogP contribution in [-0.4, -0.2) is 36.6 Å². The van der Waals surface area contributed by atoms with Gasteiger partial charge in [0.05, 0.1) is 22.3 Å². The van der Waals surface area contributed by atoms with Crippen LogP contribution in [0.5, 0.6) is 0 Å². The summed E-state index contributed by atoms with van der Waals surface area (Å²) in [6.45, 7) is 0.382. The molecule has 1 saturated heterocycles. The molecule has 2 aliphatic heterocycles. The molecule has 4 rings (SSSR count). The SMILES string of the molecule is CN1c2cc([N+](=O)[O-])ccc2N2CCC(NC(=O)C(F)(F)F)CC2c2c(Br)cccc21. The average molecular weight is 499 g/mol. The van der Waals surface area contributed by atoms with Crippen LogP contribution < -0.4 is 15.1 Å². The zero-order valence-corrected chi connectivity index (χ0v) is 17.9. The van der Waals surface area contributed by atoms with E-state index in [1.165, 1.54) is 12.1 Å². The number of nitro benzene ring substituents is 1. The number of nitrogens with zero attached hydrogens (tertiary/aromatic N) is 3. The minimum Gasteiger partial charge on any atom is -0.363 e. The Hall–Kier alpha value is -2.82. The largest absolute Gasteiger partial charge is 0.471 e. The molecule has 0 radical (unpaired) electrons. The third-order valence-electron chi connectivity index (χ3n) is 5.76. The Kier molecular flexibility index (Phi) is 5.32. The van der Waals surface area contributed by atoms with Gasteiger partial charge in [-0.15, -0.1) is 0 Å². The molecule has 1 fully saturated rings. The fourth-order valence-electron chi connectivity index (χ4n) is 4.34. The van der Waals surface area contributed by atoms with E-state index in [0.717, 1.165) is 21.4 Å². The summed E-state index contributed by atoms with van der Waals surface area (Å²) in [6, 6.07) is 9.16. The molecule has 2 unspecified atom stereocenters. The first-order valence-corrected chi connectivity index (χ1v) is 10.3. The lowest BCUT2D eigenvalue weighted by Gasteiger charge is -2.41. The second-order valence-electron chi connectivity index (χ2n) is 7.56. The zero-order chi connectivity index (χ0) is 22.5. The number of anilines is 3. The highest BCUT2D eigenvalue weighted by Crippen LogP contribution is 2.50. The van der Waals surface area contributed by atoms with Crippen LogP contribution in [0, 0.1) is 10.1 Å². The highest BCUT2D eigenvalue weighted by Gasteiger charge is 2.43. The van der Waals surface area contributed by atoms with Crippen molar-refractivity contribution >= 4 is 44.6 Å². The molecule has 164 valence electrons. The van der Waals surface area contributed by atoms with Gasteiger partial charge in [-0.05, 0) is 31.0 Å². The molecule has 0 aliphatic carbocycles. The molecule has 1 N–H and O–H groups in total. The lowest BCUT2D eigenvalue weighted by molar-refractivity contribution is -0.384. The highest BCUT2D eigenvalue weighted by molar-refractivity contribution is 9.10. The van der Waals surface area contributed by atoms with Gasteiger partial charge in [-0.3, -0.25) is 14.9 Å². The molecule has 7 nitrogen and oxygen atoms in total. The van der Waals surface area contributed by atoms with E-state index in [1.807, 2.05) is 28.0 Å². The molecule has 11 heteroatoms. The molecule has 0 spiro atoms. The number of nitrogens with one attached hydrogen (secondary N) is 1. The van der Waals surface area contributed by atoms with Gasteiger partial charge in [0.15, 0.2) is 0 Å². The van der Waals surface area contributed by atoms with Gasteiger partial charge in [-0.1, -0.05) is 22.0 Å². The summed E-state index contributed by atoms with van der Waals surface area (Å²) >= 11 is 3.56. The lowest BCUT2D eigenvalue weighted by Crippen LogP contribution is -2.49. The van der Waals surface area contributed by atoms with Crippen molar-refractivity contribution in [1.29, 1.82) is 0 Å². The Balaban J connectivity index is 1.79. The van der Waals surface area contributed by atoms with Crippen molar-refractivity contribution in [1.82, 2.24) is 5.32 Å². The smallest absolute Gasteiger partial charge is 0.363 e. The number of fused-ring (bicyclic) bond motifs is 5. The van der Waals surface area contributed by atoms with E-state index in [0.29, 0.717) is 18.7 Å². The standard InChI is InChI=1S/C20H18BrF3N4O3/c1-26-15-4-2-3-13(21)18(15)17-9-11(25-19(29)20(22,23)24)7-8-27(17)14-6-5-12(28(30)31)10-16(14)26/h2-6,10-11,17H,7-9H2,1H3,(H,25,29). The molecular formula is C20H18BrF3N4O3. The second kappa shape index (κ2) is 7.70. The van der Waals surface area contributed by atoms with Crippen molar-refractivity contribution < 1.29 is 22.9 Å². The molecule has 0 saturated carbocycles. The van der Waals surface area contributed by atoms with E-state index in [2.05, 4.69) is 21.2 Å². The predicted octanol–water partition coefficient (Wildman–Crippen LogP) is 4.83. The van der Waals surface area contributed by atoms with Crippen molar-refractivity contribution in [3.63, 3.8) is 0 Å². The minimum atomic E-state index is -4.94. The number of piperidine rings is 1. The maximum atomic E-state index is 12.8. The summed E-state index contributed by atoms with van der Waals surface area (Å²) in [5, 5.41) is 13.4. The van der Waals surface area contributed by atoms with Crippen LogP contribution in [0.2, 0.25) is 0 Å². The summed E-state index contributed by atoms with van der Waals surface area (Å²) in [5.41, 5.74) is 2.98. The van der Waals surface area contributed by atoms with Crippen LogP contribution in [0.3, 0.4) is 0 Å². The van der Waals surface area contributed by atoms with E-state index in [1.54, 1.807) is 13.1 Å². The van der Waals surface area contributed by atoms with Crippen molar-refractivity contribution in [3.8, 4) is 0 Å². The fraction of sp³-hybridized carbons (Fsp3) is 0.350. The Bertz CT molecular complexity index is 1060. The van der Waals surface area contributed by atoms with Crippen molar-refractivity contribution in [3.05, 3.63) is 56.5 Å². The molecule has 1 amide bonds. The predicted molar refractivity (Wildman–Crippen MR) is 113 cm³/mol. The van der Waals surface area contributed by atoms with E-state index in [-0.39, 0.29) is 18.2 Å². The maximum Gasteiger partial charge on any atom is 0.471 e. The van der Waals surface area contributed by atoms with E-state index in [9.17, 15) is 28.1 Å². The molecule has 0 aromatic heterocycles. The summed E-state index contributed by atoms with van der Waals surface area (Å²) in [7, 11) is 1.80. The first-order chi connectivity index (χ1) is 14.6. The van der Waals surface area contributed by atoms with Crippen LogP contribution in [0.25, 0.3) is 0 Å². The Morgan fingerprint density at radius 1 is 1.23 bits per heavy atom. The minimum absolute atomic E-state index is 0.0482. The van der Waals surface area contributed by atoms with Crippen LogP contribution >= 0.6 is 15.9 Å². The first-order valence-electron chi connectivity index (χ1n) is 9.53. The molecule has 2 aromatic rings. The lowest BCUT2D eigenvalue weighted by atomic mass is 9.90. The van der Waals surface area contributed by atoms with E-state index < -0.39 is 23.0 Å². The van der Waals surface area contributed by atoms with Gasteiger partial charge >= 0.3 is 12.1 Å². The number of nitro groups is 1. The van der Waals surface area contributed by atoms with Gasteiger partial charge in [0.2, 0.25) is 0 Å². The molecule has 2 aliphatic rings. The van der Waals surface area contributed by atoms with Gasteiger partial charge in [-0.2, -0.15) is 13.2 Å². The van der Waals surface area contributed by atoms with E-state index >= 15 is 0 Å². The third kappa shape index (κ3) is 3.82. The van der Waals surface area contributed by atoms with Gasteiger partial charge in [0.1, 0.15) is 0 Å². The zero-order valence-electron chi connectivity index (χ0n) is 16.3. The first kappa shape index (κ1) is 21.4. The van der Waals surface area contributed by atoms with E-state index in [4.69, 9.17) is 0 Å². The molecule has 2 atom stereocenters. The number of benzene rings is 2. The van der Waals surface area contributed by atoms with Gasteiger partial charge < -0.3 is 15.1 Å². The second-order valence-corrected chi connectivity index (χ2v) is 8.42.